The summed E-state index contributed by atoms with van der Waals surface area (Å²) in [6.45, 7) is 4.31. The first-order valence-corrected chi connectivity index (χ1v) is 9.10. The number of hydrogen-bond acceptors (Lipinski definition) is 6. The molecule has 1 aromatic carbocycles. The quantitative estimate of drug-likeness (QED) is 0.742. The number of hydrogen-bond donors (Lipinski definition) is 1. The van der Waals surface area contributed by atoms with E-state index in [0.29, 0.717) is 12.3 Å². The molecule has 27 heavy (non-hydrogen) atoms. The first kappa shape index (κ1) is 17.4. The predicted molar refractivity (Wildman–Crippen MR) is 98.4 cm³/mol. The van der Waals surface area contributed by atoms with Crippen LogP contribution in [-0.2, 0) is 6.54 Å². The normalized spacial score (nSPS) is 15.7. The molecule has 1 N–H and O–H groups in total. The zero-order valence-electron chi connectivity index (χ0n) is 15.2. The summed E-state index contributed by atoms with van der Waals surface area (Å²) in [6, 6.07) is 11.8. The van der Waals surface area contributed by atoms with Gasteiger partial charge in [-0.2, -0.15) is 4.68 Å². The highest BCUT2D eigenvalue weighted by atomic mass is 16.3. The average Bonchev–Trinajstić information content (AvgIpc) is 3.33. The van der Waals surface area contributed by atoms with E-state index in [2.05, 4.69) is 25.7 Å². The van der Waals surface area contributed by atoms with Gasteiger partial charge in [0, 0.05) is 24.7 Å². The number of nitrogens with one attached hydrogen (secondary N) is 1. The molecule has 140 valence electrons. The maximum atomic E-state index is 12.3. The van der Waals surface area contributed by atoms with E-state index in [1.54, 1.807) is 17.0 Å². The van der Waals surface area contributed by atoms with Gasteiger partial charge < -0.3 is 9.73 Å². The lowest BCUT2D eigenvalue weighted by atomic mass is 10.0. The van der Waals surface area contributed by atoms with Gasteiger partial charge in [0.1, 0.15) is 0 Å². The third kappa shape index (κ3) is 3.90. The van der Waals surface area contributed by atoms with Crippen molar-refractivity contribution in [3.05, 3.63) is 59.8 Å². The van der Waals surface area contributed by atoms with Crippen LogP contribution in [-0.4, -0.2) is 50.1 Å². The maximum absolute atomic E-state index is 12.3. The highest BCUT2D eigenvalue weighted by molar-refractivity contribution is 5.92. The molecule has 0 radical (unpaired) electrons. The summed E-state index contributed by atoms with van der Waals surface area (Å²) in [5.74, 6) is 1.08. The third-order valence-corrected chi connectivity index (χ3v) is 4.89. The molecule has 1 aliphatic heterocycles. The SMILES string of the molecule is Cc1ccoc1C(=O)NC1CCN(Cc2nnnn2-c2ccccc2)CC1. The summed E-state index contributed by atoms with van der Waals surface area (Å²) < 4.78 is 7.04. The molecule has 8 nitrogen and oxygen atoms in total. The molecule has 3 aromatic rings. The van der Waals surface area contributed by atoms with Gasteiger partial charge in [-0.05, 0) is 48.4 Å². The van der Waals surface area contributed by atoms with Crippen molar-refractivity contribution in [2.75, 3.05) is 13.1 Å². The van der Waals surface area contributed by atoms with Crippen LogP contribution in [0.25, 0.3) is 5.69 Å². The Kier molecular flexibility index (Phi) is 4.97. The fourth-order valence-electron chi connectivity index (χ4n) is 3.37. The van der Waals surface area contributed by atoms with Crippen molar-refractivity contribution >= 4 is 5.91 Å². The molecule has 1 aliphatic rings. The Morgan fingerprint density at radius 1 is 1.22 bits per heavy atom. The van der Waals surface area contributed by atoms with E-state index < -0.39 is 0 Å². The van der Waals surface area contributed by atoms with E-state index in [1.807, 2.05) is 37.3 Å². The standard InChI is InChI=1S/C19H22N6O2/c1-14-9-12-27-18(14)19(26)20-15-7-10-24(11-8-15)13-17-21-22-23-25(17)16-5-3-2-4-6-16/h2-6,9,12,15H,7-8,10-11,13H2,1H3,(H,20,26). The molecule has 1 saturated heterocycles. The van der Waals surface area contributed by atoms with Gasteiger partial charge in [-0.3, -0.25) is 9.69 Å². The number of piperidine rings is 1. The second-order valence-electron chi connectivity index (χ2n) is 6.80. The summed E-state index contributed by atoms with van der Waals surface area (Å²) in [7, 11) is 0. The van der Waals surface area contributed by atoms with Gasteiger partial charge in [-0.25, -0.2) is 0 Å². The minimum Gasteiger partial charge on any atom is -0.459 e. The maximum Gasteiger partial charge on any atom is 0.287 e. The number of aryl methyl sites for hydroxylation is 1. The second kappa shape index (κ2) is 7.71. The van der Waals surface area contributed by atoms with E-state index >= 15 is 0 Å². The van der Waals surface area contributed by atoms with E-state index in [0.717, 1.165) is 43.0 Å². The molecule has 8 heteroatoms. The Balaban J connectivity index is 1.32. The molecule has 0 bridgehead atoms. The molecule has 3 heterocycles. The Hall–Kier alpha value is -3.00. The summed E-state index contributed by atoms with van der Waals surface area (Å²) in [5, 5.41) is 15.2. The number of furan rings is 1. The molecule has 0 atom stereocenters. The van der Waals surface area contributed by atoms with Gasteiger partial charge in [0.25, 0.3) is 5.91 Å². The van der Waals surface area contributed by atoms with Crippen LogP contribution in [0.5, 0.6) is 0 Å². The number of rotatable bonds is 5. The largest absolute Gasteiger partial charge is 0.459 e. The van der Waals surface area contributed by atoms with Crippen LogP contribution in [0.2, 0.25) is 0 Å². The number of likely N-dealkylation sites (tertiary alicyclic amines) is 1. The zero-order chi connectivity index (χ0) is 18.6. The minimum atomic E-state index is -0.135. The number of carbonyl (C=O) groups is 1. The number of aromatic nitrogens is 4. The van der Waals surface area contributed by atoms with Crippen LogP contribution in [0, 0.1) is 6.92 Å². The number of benzene rings is 1. The molecule has 1 fully saturated rings. The lowest BCUT2D eigenvalue weighted by Gasteiger charge is -2.31. The number of tetrazole rings is 1. The van der Waals surface area contributed by atoms with Crippen molar-refractivity contribution in [1.82, 2.24) is 30.4 Å². The molecule has 4 rings (SSSR count). The third-order valence-electron chi connectivity index (χ3n) is 4.89. The van der Waals surface area contributed by atoms with Crippen molar-refractivity contribution in [2.24, 2.45) is 0 Å². The Morgan fingerprint density at radius 2 is 2.00 bits per heavy atom. The van der Waals surface area contributed by atoms with Crippen LogP contribution in [0.15, 0.2) is 47.1 Å². The Labute approximate surface area is 157 Å². The summed E-state index contributed by atoms with van der Waals surface area (Å²) >= 11 is 0. The Bertz CT molecular complexity index is 896. The summed E-state index contributed by atoms with van der Waals surface area (Å²) in [5.41, 5.74) is 1.81. The van der Waals surface area contributed by atoms with Crippen LogP contribution < -0.4 is 5.32 Å². The first-order chi connectivity index (χ1) is 13.2. The highest BCUT2D eigenvalue weighted by Gasteiger charge is 2.24. The lowest BCUT2D eigenvalue weighted by molar-refractivity contribution is 0.0879. The minimum absolute atomic E-state index is 0.135. The van der Waals surface area contributed by atoms with E-state index in [-0.39, 0.29) is 11.9 Å². The first-order valence-electron chi connectivity index (χ1n) is 9.10. The van der Waals surface area contributed by atoms with Crippen LogP contribution in [0.4, 0.5) is 0 Å². The van der Waals surface area contributed by atoms with Crippen LogP contribution in [0.3, 0.4) is 0 Å². The van der Waals surface area contributed by atoms with Gasteiger partial charge in [0.05, 0.1) is 18.5 Å². The topological polar surface area (TPSA) is 89.1 Å². The van der Waals surface area contributed by atoms with Crippen LogP contribution in [0.1, 0.15) is 34.8 Å². The van der Waals surface area contributed by atoms with Crippen molar-refractivity contribution in [3.63, 3.8) is 0 Å². The van der Waals surface area contributed by atoms with Crippen molar-refractivity contribution in [3.8, 4) is 5.69 Å². The molecule has 0 aliphatic carbocycles. The fourth-order valence-corrected chi connectivity index (χ4v) is 3.37. The smallest absolute Gasteiger partial charge is 0.287 e. The molecule has 2 aromatic heterocycles. The highest BCUT2D eigenvalue weighted by Crippen LogP contribution is 2.16. The van der Waals surface area contributed by atoms with Gasteiger partial charge in [0.2, 0.25) is 0 Å². The molecular weight excluding hydrogens is 344 g/mol. The van der Waals surface area contributed by atoms with Gasteiger partial charge in [-0.1, -0.05) is 18.2 Å². The molecule has 0 unspecified atom stereocenters. The van der Waals surface area contributed by atoms with E-state index in [4.69, 9.17) is 4.42 Å². The lowest BCUT2D eigenvalue weighted by Crippen LogP contribution is -2.44. The van der Waals surface area contributed by atoms with E-state index in [1.165, 1.54) is 0 Å². The number of para-hydroxylation sites is 1. The van der Waals surface area contributed by atoms with Gasteiger partial charge in [-0.15, -0.1) is 5.10 Å². The zero-order valence-corrected chi connectivity index (χ0v) is 15.2. The van der Waals surface area contributed by atoms with Gasteiger partial charge >= 0.3 is 0 Å². The van der Waals surface area contributed by atoms with Gasteiger partial charge in [0.15, 0.2) is 11.6 Å². The van der Waals surface area contributed by atoms with Crippen molar-refractivity contribution in [2.45, 2.75) is 32.4 Å². The van der Waals surface area contributed by atoms with Crippen LogP contribution >= 0.6 is 0 Å². The monoisotopic (exact) mass is 366 g/mol. The Morgan fingerprint density at radius 3 is 2.70 bits per heavy atom. The fraction of sp³-hybridized carbons (Fsp3) is 0.368. The summed E-state index contributed by atoms with van der Waals surface area (Å²) in [4.78, 5) is 14.6. The molecule has 1 amide bonds. The molecular formula is C19H22N6O2. The van der Waals surface area contributed by atoms with Crippen molar-refractivity contribution < 1.29 is 9.21 Å². The van der Waals surface area contributed by atoms with Crippen molar-refractivity contribution in [1.29, 1.82) is 0 Å². The average molecular weight is 366 g/mol. The van der Waals surface area contributed by atoms with E-state index in [9.17, 15) is 4.79 Å². The summed E-state index contributed by atoms with van der Waals surface area (Å²) in [6.07, 6.45) is 3.32. The predicted octanol–water partition coefficient (Wildman–Crippen LogP) is 1.96. The second-order valence-corrected chi connectivity index (χ2v) is 6.80. The number of carbonyl (C=O) groups excluding carboxylic acids is 1. The molecule has 0 spiro atoms. The molecule has 0 saturated carbocycles. The number of nitrogens with zero attached hydrogens (tertiary/aromatic N) is 5. The number of amides is 1.